The lowest BCUT2D eigenvalue weighted by atomic mass is 10.2. The quantitative estimate of drug-likeness (QED) is 0.795. The van der Waals surface area contributed by atoms with Crippen molar-refractivity contribution in [3.63, 3.8) is 0 Å². The number of hydrogen-bond donors (Lipinski definition) is 1. The Morgan fingerprint density at radius 1 is 1.35 bits per heavy atom. The predicted octanol–water partition coefficient (Wildman–Crippen LogP) is 3.29. The largest absolute Gasteiger partial charge is 0.484 e. The number of carbonyl (C=O) groups excluding carboxylic acids is 1. The summed E-state index contributed by atoms with van der Waals surface area (Å²) in [6.07, 6.45) is 1.15. The number of aromatic nitrogens is 2. The second kappa shape index (κ2) is 6.35. The van der Waals surface area contributed by atoms with Crippen molar-refractivity contribution in [1.29, 1.82) is 0 Å². The lowest BCUT2D eigenvalue weighted by Gasteiger charge is -2.09. The summed E-state index contributed by atoms with van der Waals surface area (Å²) in [7, 11) is 1.32. The highest BCUT2D eigenvalue weighted by Crippen LogP contribution is 2.22. The number of hydrogen-bond acceptors (Lipinski definition) is 6. The van der Waals surface area contributed by atoms with Gasteiger partial charge in [-0.2, -0.15) is 4.98 Å². The van der Waals surface area contributed by atoms with Gasteiger partial charge < -0.3 is 13.9 Å². The fraction of sp³-hybridized carbons (Fsp3) is 0.188. The molecule has 3 aromatic rings. The molecule has 0 saturated carbocycles. The summed E-state index contributed by atoms with van der Waals surface area (Å²) in [5.41, 5.74) is 2.70. The Labute approximate surface area is 132 Å². The fourth-order valence-corrected chi connectivity index (χ4v) is 2.05. The van der Waals surface area contributed by atoms with Crippen LogP contribution < -0.4 is 10.1 Å². The number of nitrogens with one attached hydrogen (secondary N) is 1. The van der Waals surface area contributed by atoms with Gasteiger partial charge in [0, 0.05) is 11.9 Å². The number of amides is 1. The van der Waals surface area contributed by atoms with Gasteiger partial charge in [0.05, 0.1) is 7.11 Å². The maximum absolute atomic E-state index is 11.2. The summed E-state index contributed by atoms with van der Waals surface area (Å²) in [5.74, 6) is 1.10. The van der Waals surface area contributed by atoms with E-state index in [0.29, 0.717) is 28.6 Å². The summed E-state index contributed by atoms with van der Waals surface area (Å²) in [6.45, 7) is 2.06. The van der Waals surface area contributed by atoms with E-state index < -0.39 is 6.09 Å². The van der Waals surface area contributed by atoms with E-state index >= 15 is 0 Å². The van der Waals surface area contributed by atoms with Gasteiger partial charge in [0.15, 0.2) is 17.8 Å². The minimum Gasteiger partial charge on any atom is -0.484 e. The number of nitrogens with zero attached hydrogens (tertiary/aromatic N) is 2. The Kier molecular flexibility index (Phi) is 4.09. The molecule has 0 bridgehead atoms. The predicted molar refractivity (Wildman–Crippen MR) is 83.3 cm³/mol. The van der Waals surface area contributed by atoms with E-state index in [2.05, 4.69) is 20.0 Å². The first kappa shape index (κ1) is 14.8. The van der Waals surface area contributed by atoms with E-state index in [-0.39, 0.29) is 6.61 Å². The average molecular weight is 313 g/mol. The van der Waals surface area contributed by atoms with E-state index in [1.54, 1.807) is 30.5 Å². The van der Waals surface area contributed by atoms with Crippen molar-refractivity contribution >= 4 is 23.0 Å². The number of aryl methyl sites for hydroxylation is 1. The SMILES string of the molecule is COC(=O)Nc1ccc(OCc2nc3ncccc3o2)cc1C. The highest BCUT2D eigenvalue weighted by atomic mass is 16.5. The zero-order valence-electron chi connectivity index (χ0n) is 12.7. The molecule has 1 amide bonds. The molecule has 23 heavy (non-hydrogen) atoms. The Bertz CT molecular complexity index is 811. The standard InChI is InChI=1S/C16H15N3O4/c1-10-8-11(5-6-12(10)18-16(20)21-2)22-9-14-19-15-13(23-14)4-3-7-17-15/h3-8H,9H2,1-2H3,(H,18,20). The van der Waals surface area contributed by atoms with Crippen LogP contribution in [0.4, 0.5) is 10.5 Å². The molecule has 0 aliphatic rings. The third-order valence-electron chi connectivity index (χ3n) is 3.19. The van der Waals surface area contributed by atoms with Crippen LogP contribution in [0.15, 0.2) is 40.9 Å². The first-order chi connectivity index (χ1) is 11.2. The molecule has 0 saturated heterocycles. The molecule has 0 fully saturated rings. The number of pyridine rings is 1. The highest BCUT2D eigenvalue weighted by Gasteiger charge is 2.08. The van der Waals surface area contributed by atoms with E-state index in [9.17, 15) is 4.79 Å². The van der Waals surface area contributed by atoms with Gasteiger partial charge in [-0.15, -0.1) is 0 Å². The number of anilines is 1. The van der Waals surface area contributed by atoms with Crippen LogP contribution >= 0.6 is 0 Å². The van der Waals surface area contributed by atoms with Crippen molar-refractivity contribution in [3.8, 4) is 5.75 Å². The Balaban J connectivity index is 1.68. The maximum Gasteiger partial charge on any atom is 0.411 e. The Morgan fingerprint density at radius 3 is 2.96 bits per heavy atom. The molecule has 2 aromatic heterocycles. The van der Waals surface area contributed by atoms with Gasteiger partial charge in [-0.1, -0.05) is 0 Å². The van der Waals surface area contributed by atoms with Crippen molar-refractivity contribution in [1.82, 2.24) is 9.97 Å². The third kappa shape index (κ3) is 3.39. The van der Waals surface area contributed by atoms with Crippen LogP contribution in [0.2, 0.25) is 0 Å². The van der Waals surface area contributed by atoms with Gasteiger partial charge >= 0.3 is 6.09 Å². The molecule has 0 radical (unpaired) electrons. The summed E-state index contributed by atoms with van der Waals surface area (Å²) in [4.78, 5) is 19.6. The van der Waals surface area contributed by atoms with Crippen LogP contribution in [0.1, 0.15) is 11.5 Å². The lowest BCUT2D eigenvalue weighted by molar-refractivity contribution is 0.187. The van der Waals surface area contributed by atoms with Crippen LogP contribution in [-0.4, -0.2) is 23.2 Å². The molecular formula is C16H15N3O4. The van der Waals surface area contributed by atoms with Gasteiger partial charge in [0.2, 0.25) is 5.89 Å². The molecule has 0 aliphatic heterocycles. The first-order valence-electron chi connectivity index (χ1n) is 6.94. The summed E-state index contributed by atoms with van der Waals surface area (Å²) in [5, 5.41) is 2.62. The molecule has 1 N–H and O–H groups in total. The number of fused-ring (bicyclic) bond motifs is 1. The van der Waals surface area contributed by atoms with Crippen molar-refractivity contribution < 1.29 is 18.7 Å². The van der Waals surface area contributed by atoms with E-state index in [4.69, 9.17) is 9.15 Å². The first-order valence-corrected chi connectivity index (χ1v) is 6.94. The number of rotatable bonds is 4. The minimum absolute atomic E-state index is 0.194. The molecule has 1 aromatic carbocycles. The van der Waals surface area contributed by atoms with Gasteiger partial charge in [0.1, 0.15) is 5.75 Å². The lowest BCUT2D eigenvalue weighted by Crippen LogP contribution is -2.11. The molecule has 0 spiro atoms. The smallest absolute Gasteiger partial charge is 0.411 e. The Hall–Kier alpha value is -3.09. The molecule has 3 rings (SSSR count). The topological polar surface area (TPSA) is 86.5 Å². The zero-order chi connectivity index (χ0) is 16.2. The van der Waals surface area contributed by atoms with E-state index in [1.807, 2.05) is 13.0 Å². The van der Waals surface area contributed by atoms with Crippen molar-refractivity contribution in [2.75, 3.05) is 12.4 Å². The summed E-state index contributed by atoms with van der Waals surface area (Å²) >= 11 is 0. The van der Waals surface area contributed by atoms with Crippen LogP contribution in [0, 0.1) is 6.92 Å². The number of ether oxygens (including phenoxy) is 2. The monoisotopic (exact) mass is 313 g/mol. The normalized spacial score (nSPS) is 10.5. The van der Waals surface area contributed by atoms with Crippen LogP contribution in [-0.2, 0) is 11.3 Å². The fourth-order valence-electron chi connectivity index (χ4n) is 2.05. The van der Waals surface area contributed by atoms with Gasteiger partial charge in [-0.3, -0.25) is 5.32 Å². The van der Waals surface area contributed by atoms with Crippen LogP contribution in [0.25, 0.3) is 11.2 Å². The zero-order valence-corrected chi connectivity index (χ0v) is 12.7. The number of methoxy groups -OCH3 is 1. The minimum atomic E-state index is -0.513. The van der Waals surface area contributed by atoms with Gasteiger partial charge in [0.25, 0.3) is 0 Å². The van der Waals surface area contributed by atoms with Crippen LogP contribution in [0.3, 0.4) is 0 Å². The molecule has 118 valence electrons. The molecule has 0 aliphatic carbocycles. The maximum atomic E-state index is 11.2. The van der Waals surface area contributed by atoms with E-state index in [0.717, 1.165) is 5.56 Å². The highest BCUT2D eigenvalue weighted by molar-refractivity contribution is 5.85. The van der Waals surface area contributed by atoms with Crippen molar-refractivity contribution in [2.24, 2.45) is 0 Å². The summed E-state index contributed by atoms with van der Waals surface area (Å²) < 4.78 is 15.8. The Morgan fingerprint density at radius 2 is 2.22 bits per heavy atom. The molecule has 0 unspecified atom stereocenters. The third-order valence-corrected chi connectivity index (χ3v) is 3.19. The molecular weight excluding hydrogens is 298 g/mol. The average Bonchev–Trinajstić information content (AvgIpc) is 2.98. The number of oxazole rings is 1. The number of carbonyl (C=O) groups is 1. The van der Waals surface area contributed by atoms with Crippen molar-refractivity contribution in [2.45, 2.75) is 13.5 Å². The molecule has 0 atom stereocenters. The van der Waals surface area contributed by atoms with E-state index in [1.165, 1.54) is 7.11 Å². The molecule has 7 heteroatoms. The van der Waals surface area contributed by atoms with Gasteiger partial charge in [-0.25, -0.2) is 9.78 Å². The molecule has 2 heterocycles. The van der Waals surface area contributed by atoms with Gasteiger partial charge in [-0.05, 0) is 42.8 Å². The molecule has 7 nitrogen and oxygen atoms in total. The van der Waals surface area contributed by atoms with Crippen LogP contribution in [0.5, 0.6) is 5.75 Å². The second-order valence-corrected chi connectivity index (χ2v) is 4.81. The van der Waals surface area contributed by atoms with Crippen molar-refractivity contribution in [3.05, 3.63) is 48.0 Å². The summed E-state index contributed by atoms with van der Waals surface area (Å²) in [6, 6.07) is 8.89. The second-order valence-electron chi connectivity index (χ2n) is 4.81. The number of benzene rings is 1.